The molecule has 2 aromatic carbocycles. The summed E-state index contributed by atoms with van der Waals surface area (Å²) >= 11 is 0. The Labute approximate surface area is 187 Å². The topological polar surface area (TPSA) is 114 Å². The van der Waals surface area contributed by atoms with E-state index in [-0.39, 0.29) is 36.6 Å². The lowest BCUT2D eigenvalue weighted by Crippen LogP contribution is -2.41. The number of amides is 1. The second-order valence-corrected chi connectivity index (χ2v) is 7.39. The van der Waals surface area contributed by atoms with E-state index in [9.17, 15) is 18.8 Å². The van der Waals surface area contributed by atoms with Gasteiger partial charge in [-0.1, -0.05) is 48.5 Å². The summed E-state index contributed by atoms with van der Waals surface area (Å²) in [6.07, 6.45) is 1.11. The van der Waals surface area contributed by atoms with Gasteiger partial charge in [-0.3, -0.25) is 24.0 Å². The van der Waals surface area contributed by atoms with Crippen LogP contribution in [0.1, 0.15) is 16.9 Å². The SMILES string of the molecule is Nc1c(N(Cc2ccco2)C(=O)Cc2ccccc2F)c(=O)[nH]c(=O)n1Cc1ccccc1. The van der Waals surface area contributed by atoms with Gasteiger partial charge in [-0.2, -0.15) is 0 Å². The molecule has 4 aromatic rings. The number of nitrogens with zero attached hydrogens (tertiary/aromatic N) is 2. The number of nitrogens with two attached hydrogens (primary N) is 1. The second-order valence-electron chi connectivity index (χ2n) is 7.39. The molecule has 9 heteroatoms. The molecule has 0 aliphatic rings. The predicted molar refractivity (Wildman–Crippen MR) is 121 cm³/mol. The summed E-state index contributed by atoms with van der Waals surface area (Å²) in [6.45, 7) is -0.0392. The fourth-order valence-corrected chi connectivity index (χ4v) is 3.51. The first-order valence-electron chi connectivity index (χ1n) is 10.2. The van der Waals surface area contributed by atoms with E-state index in [1.54, 1.807) is 30.3 Å². The largest absolute Gasteiger partial charge is 0.467 e. The van der Waals surface area contributed by atoms with Crippen LogP contribution >= 0.6 is 0 Å². The molecule has 0 spiro atoms. The summed E-state index contributed by atoms with van der Waals surface area (Å²) in [5.74, 6) is -0.920. The van der Waals surface area contributed by atoms with Gasteiger partial charge >= 0.3 is 5.69 Å². The van der Waals surface area contributed by atoms with Crippen LogP contribution in [0.2, 0.25) is 0 Å². The average molecular weight is 448 g/mol. The number of furan rings is 1. The number of nitrogens with one attached hydrogen (secondary N) is 1. The maximum atomic E-state index is 14.2. The van der Waals surface area contributed by atoms with Crippen LogP contribution in [0.3, 0.4) is 0 Å². The third-order valence-electron chi connectivity index (χ3n) is 5.16. The highest BCUT2D eigenvalue weighted by Crippen LogP contribution is 2.22. The van der Waals surface area contributed by atoms with Crippen LogP contribution in [-0.4, -0.2) is 15.5 Å². The summed E-state index contributed by atoms with van der Waals surface area (Å²) in [7, 11) is 0. The van der Waals surface area contributed by atoms with Gasteiger partial charge in [0, 0.05) is 0 Å². The zero-order chi connectivity index (χ0) is 23.4. The third-order valence-corrected chi connectivity index (χ3v) is 5.16. The number of anilines is 2. The monoisotopic (exact) mass is 448 g/mol. The first kappa shape index (κ1) is 21.8. The Bertz CT molecular complexity index is 1380. The smallest absolute Gasteiger partial charge is 0.330 e. The number of nitrogen functional groups attached to an aromatic ring is 1. The van der Waals surface area contributed by atoms with Crippen LogP contribution in [0.4, 0.5) is 15.9 Å². The fourth-order valence-electron chi connectivity index (χ4n) is 3.51. The number of aromatic nitrogens is 2. The molecule has 0 fully saturated rings. The fraction of sp³-hybridized carbons (Fsp3) is 0.125. The summed E-state index contributed by atoms with van der Waals surface area (Å²) < 4.78 is 20.7. The van der Waals surface area contributed by atoms with E-state index >= 15 is 0 Å². The Morgan fingerprint density at radius 1 is 1.03 bits per heavy atom. The molecule has 0 radical (unpaired) electrons. The van der Waals surface area contributed by atoms with Crippen molar-refractivity contribution in [2.24, 2.45) is 0 Å². The van der Waals surface area contributed by atoms with E-state index in [1.165, 1.54) is 29.0 Å². The van der Waals surface area contributed by atoms with Crippen molar-refractivity contribution in [3.8, 4) is 0 Å². The quantitative estimate of drug-likeness (QED) is 0.451. The Morgan fingerprint density at radius 3 is 2.45 bits per heavy atom. The van der Waals surface area contributed by atoms with Crippen molar-refractivity contribution in [1.29, 1.82) is 0 Å². The van der Waals surface area contributed by atoms with Crippen molar-refractivity contribution >= 4 is 17.4 Å². The number of halogens is 1. The molecular formula is C24H21FN4O4. The maximum absolute atomic E-state index is 14.2. The lowest BCUT2D eigenvalue weighted by molar-refractivity contribution is -0.118. The standard InChI is InChI=1S/C24H21FN4O4/c25-19-11-5-4-9-17(19)13-20(30)28(15-18-10-6-12-33-18)21-22(26)29(24(32)27-23(21)31)14-16-7-2-1-3-8-16/h1-12H,13-15,26H2,(H,27,31,32). The minimum absolute atomic E-state index is 0.0887. The number of rotatable bonds is 7. The molecular weight excluding hydrogens is 427 g/mol. The highest BCUT2D eigenvalue weighted by atomic mass is 19.1. The van der Waals surface area contributed by atoms with E-state index in [2.05, 4.69) is 4.98 Å². The average Bonchev–Trinajstić information content (AvgIpc) is 3.31. The molecule has 33 heavy (non-hydrogen) atoms. The Morgan fingerprint density at radius 2 is 1.76 bits per heavy atom. The molecule has 0 atom stereocenters. The van der Waals surface area contributed by atoms with E-state index < -0.39 is 23.0 Å². The van der Waals surface area contributed by atoms with Gasteiger partial charge in [0.2, 0.25) is 5.91 Å². The highest BCUT2D eigenvalue weighted by molar-refractivity contribution is 5.96. The minimum atomic E-state index is -0.824. The Hall–Kier alpha value is -4.40. The Kier molecular flexibility index (Phi) is 6.21. The molecule has 4 rings (SSSR count). The minimum Gasteiger partial charge on any atom is -0.467 e. The molecule has 0 aliphatic heterocycles. The molecule has 8 nitrogen and oxygen atoms in total. The molecule has 168 valence electrons. The van der Waals surface area contributed by atoms with Crippen LogP contribution in [0.5, 0.6) is 0 Å². The van der Waals surface area contributed by atoms with E-state index in [0.29, 0.717) is 5.76 Å². The molecule has 2 aromatic heterocycles. The number of aromatic amines is 1. The summed E-state index contributed by atoms with van der Waals surface area (Å²) in [6, 6.07) is 18.2. The molecule has 2 heterocycles. The van der Waals surface area contributed by atoms with Gasteiger partial charge in [0.05, 0.1) is 25.8 Å². The molecule has 0 unspecified atom stereocenters. The number of hydrogen-bond donors (Lipinski definition) is 2. The van der Waals surface area contributed by atoms with Crippen molar-refractivity contribution in [3.05, 3.63) is 117 Å². The van der Waals surface area contributed by atoms with Crippen molar-refractivity contribution in [2.45, 2.75) is 19.5 Å². The normalized spacial score (nSPS) is 10.8. The van der Waals surface area contributed by atoms with Crippen molar-refractivity contribution < 1.29 is 13.6 Å². The van der Waals surface area contributed by atoms with Crippen molar-refractivity contribution in [1.82, 2.24) is 9.55 Å². The van der Waals surface area contributed by atoms with E-state index in [1.807, 2.05) is 18.2 Å². The zero-order valence-corrected chi connectivity index (χ0v) is 17.5. The van der Waals surface area contributed by atoms with Gasteiger partial charge < -0.3 is 10.2 Å². The predicted octanol–water partition coefficient (Wildman–Crippen LogP) is 2.68. The molecule has 0 bridgehead atoms. The number of H-pyrrole nitrogens is 1. The van der Waals surface area contributed by atoms with Crippen molar-refractivity contribution in [2.75, 3.05) is 10.6 Å². The van der Waals surface area contributed by atoms with Gasteiger partial charge in [0.25, 0.3) is 5.56 Å². The first-order valence-corrected chi connectivity index (χ1v) is 10.2. The number of hydrogen-bond acceptors (Lipinski definition) is 5. The summed E-state index contributed by atoms with van der Waals surface area (Å²) in [5, 5.41) is 0. The van der Waals surface area contributed by atoms with Crippen molar-refractivity contribution in [3.63, 3.8) is 0 Å². The van der Waals surface area contributed by atoms with Gasteiger partial charge in [0.1, 0.15) is 17.4 Å². The van der Waals surface area contributed by atoms with Gasteiger partial charge in [-0.05, 0) is 29.3 Å². The van der Waals surface area contributed by atoms with Crippen LogP contribution in [-0.2, 0) is 24.3 Å². The molecule has 0 saturated carbocycles. The number of carbonyl (C=O) groups is 1. The van der Waals surface area contributed by atoms with Gasteiger partial charge in [0.15, 0.2) is 5.69 Å². The highest BCUT2D eigenvalue weighted by Gasteiger charge is 2.26. The first-order chi connectivity index (χ1) is 15.9. The van der Waals surface area contributed by atoms with Crippen LogP contribution in [0, 0.1) is 5.82 Å². The molecule has 0 saturated heterocycles. The lowest BCUT2D eigenvalue weighted by Gasteiger charge is -2.24. The third kappa shape index (κ3) is 4.77. The van der Waals surface area contributed by atoms with Gasteiger partial charge in [-0.15, -0.1) is 0 Å². The molecule has 0 aliphatic carbocycles. The summed E-state index contributed by atoms with van der Waals surface area (Å²) in [5.41, 5.74) is 5.48. The van der Waals surface area contributed by atoms with Crippen LogP contribution in [0.15, 0.2) is 87.0 Å². The zero-order valence-electron chi connectivity index (χ0n) is 17.5. The van der Waals surface area contributed by atoms with Crippen LogP contribution in [0.25, 0.3) is 0 Å². The second kappa shape index (κ2) is 9.39. The van der Waals surface area contributed by atoms with E-state index in [0.717, 1.165) is 10.5 Å². The molecule has 3 N–H and O–H groups in total. The Balaban J connectivity index is 1.78. The number of benzene rings is 2. The molecule has 1 amide bonds. The van der Waals surface area contributed by atoms with Crippen LogP contribution < -0.4 is 21.9 Å². The summed E-state index contributed by atoms with van der Waals surface area (Å²) in [4.78, 5) is 41.9. The van der Waals surface area contributed by atoms with E-state index in [4.69, 9.17) is 10.2 Å². The number of carbonyl (C=O) groups excluding carboxylic acids is 1. The maximum Gasteiger partial charge on any atom is 0.330 e. The lowest BCUT2D eigenvalue weighted by atomic mass is 10.1. The van der Waals surface area contributed by atoms with Gasteiger partial charge in [-0.25, -0.2) is 9.18 Å².